The number of aryl methyl sites for hydroxylation is 1. The van der Waals surface area contributed by atoms with E-state index in [4.69, 9.17) is 4.74 Å². The minimum Gasteiger partial charge on any atom is -0.494 e. The van der Waals surface area contributed by atoms with E-state index in [1.165, 1.54) is 0 Å². The molecule has 0 heterocycles. The van der Waals surface area contributed by atoms with Gasteiger partial charge in [0.25, 0.3) is 0 Å². The second-order valence-corrected chi connectivity index (χ2v) is 5.92. The predicted octanol–water partition coefficient (Wildman–Crippen LogP) is 3.42. The summed E-state index contributed by atoms with van der Waals surface area (Å²) in [7, 11) is 0. The van der Waals surface area contributed by atoms with Crippen LogP contribution in [0, 0.1) is 6.92 Å². The highest BCUT2D eigenvalue weighted by atomic mass is 16.5. The predicted molar refractivity (Wildman–Crippen MR) is 83.6 cm³/mol. The Labute approximate surface area is 126 Å². The second-order valence-electron chi connectivity index (χ2n) is 5.92. The highest BCUT2D eigenvalue weighted by Gasteiger charge is 2.31. The first-order chi connectivity index (χ1) is 10.0. The summed E-state index contributed by atoms with van der Waals surface area (Å²) in [5.41, 5.74) is 0.925. The number of hydrogen-bond acceptors (Lipinski definition) is 3. The van der Waals surface area contributed by atoms with Crippen molar-refractivity contribution in [2.45, 2.75) is 58.0 Å². The van der Waals surface area contributed by atoms with Crippen LogP contribution >= 0.6 is 0 Å². The minimum atomic E-state index is -0.818. The van der Waals surface area contributed by atoms with Crippen molar-refractivity contribution in [3.63, 3.8) is 0 Å². The lowest BCUT2D eigenvalue weighted by atomic mass is 9.82. The van der Waals surface area contributed by atoms with Gasteiger partial charge in [-0.3, -0.25) is 4.79 Å². The van der Waals surface area contributed by atoms with E-state index in [1.807, 2.05) is 32.0 Å². The molecule has 4 heteroatoms. The molecule has 21 heavy (non-hydrogen) atoms. The van der Waals surface area contributed by atoms with Gasteiger partial charge in [-0.25, -0.2) is 0 Å². The molecular formula is C17H25NO3. The van der Waals surface area contributed by atoms with Crippen LogP contribution in [0.1, 0.15) is 51.0 Å². The van der Waals surface area contributed by atoms with Crippen LogP contribution < -0.4 is 10.1 Å². The Morgan fingerprint density at radius 2 is 2.05 bits per heavy atom. The van der Waals surface area contributed by atoms with E-state index in [9.17, 15) is 9.90 Å². The molecule has 0 aromatic heterocycles. The molecule has 0 radical (unpaired) electrons. The van der Waals surface area contributed by atoms with Crippen LogP contribution in [0.15, 0.2) is 18.2 Å². The average molecular weight is 291 g/mol. The van der Waals surface area contributed by atoms with Crippen molar-refractivity contribution < 1.29 is 14.6 Å². The lowest BCUT2D eigenvalue weighted by Crippen LogP contribution is -2.36. The summed E-state index contributed by atoms with van der Waals surface area (Å²) in [4.78, 5) is 12.1. The zero-order valence-electron chi connectivity index (χ0n) is 12.9. The Balaban J connectivity index is 1.96. The number of carbonyl (C=O) groups is 1. The third-order valence-corrected chi connectivity index (χ3v) is 4.06. The van der Waals surface area contributed by atoms with E-state index in [2.05, 4.69) is 5.32 Å². The minimum absolute atomic E-state index is 0.119. The number of rotatable bonds is 5. The number of hydrogen-bond donors (Lipinski definition) is 2. The van der Waals surface area contributed by atoms with Crippen molar-refractivity contribution in [1.29, 1.82) is 0 Å². The Morgan fingerprint density at radius 1 is 1.33 bits per heavy atom. The molecule has 4 nitrogen and oxygen atoms in total. The molecule has 2 rings (SSSR count). The lowest BCUT2D eigenvalue weighted by Gasteiger charge is -2.31. The van der Waals surface area contributed by atoms with Gasteiger partial charge in [0, 0.05) is 5.69 Å². The smallest absolute Gasteiger partial charge is 0.227 e. The summed E-state index contributed by atoms with van der Waals surface area (Å²) in [5.74, 6) is 0.686. The van der Waals surface area contributed by atoms with Gasteiger partial charge in [0.2, 0.25) is 5.91 Å². The summed E-state index contributed by atoms with van der Waals surface area (Å²) >= 11 is 0. The van der Waals surface area contributed by atoms with Gasteiger partial charge in [0.05, 0.1) is 18.6 Å². The SMILES string of the molecule is CCOc1ccc(NC(=O)CC2(O)CCCCC2)c(C)c1. The third-order valence-electron chi connectivity index (χ3n) is 4.06. The molecule has 0 saturated heterocycles. The van der Waals surface area contributed by atoms with Crippen LogP contribution in [0.3, 0.4) is 0 Å². The van der Waals surface area contributed by atoms with Gasteiger partial charge in [-0.1, -0.05) is 19.3 Å². The molecule has 0 spiro atoms. The normalized spacial score (nSPS) is 17.3. The van der Waals surface area contributed by atoms with Crippen LogP contribution in [0.5, 0.6) is 5.75 Å². The van der Waals surface area contributed by atoms with Crippen LogP contribution in [0.25, 0.3) is 0 Å². The largest absolute Gasteiger partial charge is 0.494 e. The summed E-state index contributed by atoms with van der Waals surface area (Å²) in [6.45, 7) is 4.50. The van der Waals surface area contributed by atoms with Gasteiger partial charge >= 0.3 is 0 Å². The van der Waals surface area contributed by atoms with Crippen LogP contribution in [0.4, 0.5) is 5.69 Å². The molecule has 1 aliphatic carbocycles. The maximum Gasteiger partial charge on any atom is 0.227 e. The highest BCUT2D eigenvalue weighted by molar-refractivity contribution is 5.92. The average Bonchev–Trinajstić information content (AvgIpc) is 2.42. The summed E-state index contributed by atoms with van der Waals surface area (Å²) < 4.78 is 5.43. The molecule has 1 saturated carbocycles. The fourth-order valence-electron chi connectivity index (χ4n) is 2.91. The summed E-state index contributed by atoms with van der Waals surface area (Å²) in [6.07, 6.45) is 4.80. The van der Waals surface area contributed by atoms with Gasteiger partial charge in [0.15, 0.2) is 0 Å². The molecule has 0 unspecified atom stereocenters. The number of carbonyl (C=O) groups excluding carboxylic acids is 1. The van der Waals surface area contributed by atoms with Crippen LogP contribution in [-0.4, -0.2) is 23.2 Å². The Morgan fingerprint density at radius 3 is 2.67 bits per heavy atom. The first-order valence-corrected chi connectivity index (χ1v) is 7.78. The molecule has 1 aromatic rings. The fraction of sp³-hybridized carbons (Fsp3) is 0.588. The molecule has 0 atom stereocenters. The van der Waals surface area contributed by atoms with Gasteiger partial charge < -0.3 is 15.2 Å². The maximum absolute atomic E-state index is 12.1. The molecule has 0 bridgehead atoms. The van der Waals surface area contributed by atoms with E-state index in [0.717, 1.165) is 49.1 Å². The molecule has 0 aliphatic heterocycles. The third kappa shape index (κ3) is 4.46. The standard InChI is InChI=1S/C17H25NO3/c1-3-21-14-7-8-15(13(2)11-14)18-16(19)12-17(20)9-5-4-6-10-17/h7-8,11,20H,3-6,9-10,12H2,1-2H3,(H,18,19). The lowest BCUT2D eigenvalue weighted by molar-refractivity contribution is -0.122. The first kappa shape index (κ1) is 15.8. The van der Waals surface area contributed by atoms with E-state index in [1.54, 1.807) is 0 Å². The molecule has 116 valence electrons. The van der Waals surface area contributed by atoms with Crippen molar-refractivity contribution in [1.82, 2.24) is 0 Å². The van der Waals surface area contributed by atoms with E-state index >= 15 is 0 Å². The van der Waals surface area contributed by atoms with E-state index < -0.39 is 5.60 Å². The molecule has 2 N–H and O–H groups in total. The van der Waals surface area contributed by atoms with Crippen molar-refractivity contribution in [3.05, 3.63) is 23.8 Å². The molecule has 1 fully saturated rings. The fourth-order valence-corrected chi connectivity index (χ4v) is 2.91. The molecule has 1 amide bonds. The quantitative estimate of drug-likeness (QED) is 0.874. The Kier molecular flexibility index (Phi) is 5.23. The van der Waals surface area contributed by atoms with Crippen LogP contribution in [-0.2, 0) is 4.79 Å². The van der Waals surface area contributed by atoms with E-state index in [-0.39, 0.29) is 12.3 Å². The molecule has 1 aromatic carbocycles. The zero-order valence-corrected chi connectivity index (χ0v) is 12.9. The van der Waals surface area contributed by atoms with Crippen molar-refractivity contribution >= 4 is 11.6 Å². The number of anilines is 1. The van der Waals surface area contributed by atoms with Gasteiger partial charge in [-0.2, -0.15) is 0 Å². The van der Waals surface area contributed by atoms with Crippen molar-refractivity contribution in [3.8, 4) is 5.75 Å². The Bertz CT molecular complexity index is 493. The zero-order chi connectivity index (χ0) is 15.3. The molecule has 1 aliphatic rings. The second kappa shape index (κ2) is 6.94. The number of amides is 1. The van der Waals surface area contributed by atoms with Gasteiger partial charge in [-0.05, 0) is 50.5 Å². The number of aliphatic hydroxyl groups is 1. The summed E-state index contributed by atoms with van der Waals surface area (Å²) in [6, 6.07) is 5.61. The van der Waals surface area contributed by atoms with Gasteiger partial charge in [0.1, 0.15) is 5.75 Å². The van der Waals surface area contributed by atoms with Crippen molar-refractivity contribution in [2.24, 2.45) is 0 Å². The number of ether oxygens (including phenoxy) is 1. The Hall–Kier alpha value is -1.55. The van der Waals surface area contributed by atoms with E-state index in [0.29, 0.717) is 6.61 Å². The van der Waals surface area contributed by atoms with Crippen LogP contribution in [0.2, 0.25) is 0 Å². The topological polar surface area (TPSA) is 58.6 Å². The van der Waals surface area contributed by atoms with Crippen molar-refractivity contribution in [2.75, 3.05) is 11.9 Å². The monoisotopic (exact) mass is 291 g/mol. The number of nitrogens with one attached hydrogen (secondary N) is 1. The first-order valence-electron chi connectivity index (χ1n) is 7.78. The highest BCUT2D eigenvalue weighted by Crippen LogP contribution is 2.31. The van der Waals surface area contributed by atoms with Gasteiger partial charge in [-0.15, -0.1) is 0 Å². The number of benzene rings is 1. The molecular weight excluding hydrogens is 266 g/mol. The summed E-state index contributed by atoms with van der Waals surface area (Å²) in [5, 5.41) is 13.3. The maximum atomic E-state index is 12.1.